The smallest absolute Gasteiger partial charge is 0.212 e. The molecule has 5 nitrogen and oxygen atoms in total. The fraction of sp³-hybridized carbons (Fsp3) is 0.304. The summed E-state index contributed by atoms with van der Waals surface area (Å²) in [6, 6.07) is 3.75. The van der Waals surface area contributed by atoms with Gasteiger partial charge in [0, 0.05) is 35.2 Å². The summed E-state index contributed by atoms with van der Waals surface area (Å²) in [4.78, 5) is 31.8. The average molecular weight is 377 g/mol. The van der Waals surface area contributed by atoms with Crippen LogP contribution in [0.2, 0.25) is 0 Å². The van der Waals surface area contributed by atoms with Gasteiger partial charge in [-0.1, -0.05) is 26.0 Å². The molecule has 0 aliphatic rings. The number of aromatic nitrogens is 2. The highest BCUT2D eigenvalue weighted by Gasteiger charge is 2.11. The van der Waals surface area contributed by atoms with Crippen LogP contribution in [0.5, 0.6) is 0 Å². The number of pyridine rings is 2. The molecule has 2 rings (SSSR count). The molecule has 1 N–H and O–H groups in total. The zero-order chi connectivity index (χ0) is 20.5. The summed E-state index contributed by atoms with van der Waals surface area (Å²) in [6.45, 7) is 8.01. The second-order valence-electron chi connectivity index (χ2n) is 6.52. The van der Waals surface area contributed by atoms with E-state index in [4.69, 9.17) is 0 Å². The lowest BCUT2D eigenvalue weighted by Gasteiger charge is -2.10. The Morgan fingerprint density at radius 2 is 1.86 bits per heavy atom. The minimum Gasteiger partial charge on any atom is -0.313 e. The Labute approximate surface area is 166 Å². The van der Waals surface area contributed by atoms with Gasteiger partial charge in [0.05, 0.1) is 5.69 Å². The molecular weight excluding hydrogens is 350 g/mol. The van der Waals surface area contributed by atoms with Crippen molar-refractivity contribution in [2.45, 2.75) is 47.0 Å². The monoisotopic (exact) mass is 377 g/mol. The van der Waals surface area contributed by atoms with Crippen molar-refractivity contribution >= 4 is 34.4 Å². The highest BCUT2D eigenvalue weighted by Crippen LogP contribution is 2.26. The van der Waals surface area contributed by atoms with E-state index in [-0.39, 0.29) is 5.78 Å². The van der Waals surface area contributed by atoms with Crippen molar-refractivity contribution in [3.8, 4) is 0 Å². The first-order chi connectivity index (χ1) is 13.5. The molecule has 5 heteroatoms. The number of ketones is 1. The van der Waals surface area contributed by atoms with E-state index in [1.807, 2.05) is 52.0 Å². The van der Waals surface area contributed by atoms with Gasteiger partial charge in [0.1, 0.15) is 5.82 Å². The van der Waals surface area contributed by atoms with Crippen LogP contribution in [-0.2, 0) is 9.59 Å². The van der Waals surface area contributed by atoms with Crippen molar-refractivity contribution in [3.05, 3.63) is 59.6 Å². The van der Waals surface area contributed by atoms with Gasteiger partial charge in [-0.05, 0) is 56.0 Å². The molecule has 0 saturated heterocycles. The Kier molecular flexibility index (Phi) is 7.81. The van der Waals surface area contributed by atoms with Crippen LogP contribution in [0.3, 0.4) is 0 Å². The van der Waals surface area contributed by atoms with E-state index in [2.05, 4.69) is 15.3 Å². The number of nitrogens with one attached hydrogen (secondary N) is 1. The minimum absolute atomic E-state index is 0.171. The number of carbonyl (C=O) groups is 2. The summed E-state index contributed by atoms with van der Waals surface area (Å²) in [5, 5.41) is 4.37. The van der Waals surface area contributed by atoms with E-state index < -0.39 is 0 Å². The zero-order valence-corrected chi connectivity index (χ0v) is 17.0. The third-order valence-electron chi connectivity index (χ3n) is 4.39. The molecule has 0 aliphatic heterocycles. The van der Waals surface area contributed by atoms with Gasteiger partial charge in [-0.2, -0.15) is 0 Å². The van der Waals surface area contributed by atoms with Crippen molar-refractivity contribution in [2.24, 2.45) is 0 Å². The Hall–Kier alpha value is -3.08. The van der Waals surface area contributed by atoms with E-state index >= 15 is 0 Å². The number of fused-ring (bicyclic) bond motifs is 1. The Balaban J connectivity index is 2.40. The lowest BCUT2D eigenvalue weighted by Crippen LogP contribution is -2.01. The van der Waals surface area contributed by atoms with E-state index in [0.29, 0.717) is 18.6 Å². The quantitative estimate of drug-likeness (QED) is 0.368. The molecule has 1 amide bonds. The van der Waals surface area contributed by atoms with Crippen LogP contribution in [-0.4, -0.2) is 22.2 Å². The first kappa shape index (κ1) is 21.2. The maximum absolute atomic E-state index is 12.4. The maximum Gasteiger partial charge on any atom is 0.212 e. The van der Waals surface area contributed by atoms with Gasteiger partial charge in [0.25, 0.3) is 0 Å². The Morgan fingerprint density at radius 1 is 1.14 bits per heavy atom. The normalized spacial score (nSPS) is 12.9. The number of Topliss-reactive ketones (excluding diaryl/α,β-unsaturated/α-hetero) is 1. The second kappa shape index (κ2) is 10.3. The number of hydrogen-bond donors (Lipinski definition) is 1. The van der Waals surface area contributed by atoms with Crippen molar-refractivity contribution < 1.29 is 9.59 Å². The largest absolute Gasteiger partial charge is 0.313 e. The van der Waals surface area contributed by atoms with E-state index in [0.717, 1.165) is 46.0 Å². The fourth-order valence-electron chi connectivity index (χ4n) is 3.06. The molecule has 0 fully saturated rings. The summed E-state index contributed by atoms with van der Waals surface area (Å²) in [5.41, 5.74) is 3.54. The van der Waals surface area contributed by atoms with Crippen LogP contribution in [0.15, 0.2) is 53.9 Å². The minimum atomic E-state index is 0.171. The topological polar surface area (TPSA) is 72.0 Å². The van der Waals surface area contributed by atoms with Crippen LogP contribution in [0.25, 0.3) is 16.3 Å². The summed E-state index contributed by atoms with van der Waals surface area (Å²) in [7, 11) is 0. The first-order valence-corrected chi connectivity index (χ1v) is 9.58. The lowest BCUT2D eigenvalue weighted by atomic mass is 9.97. The molecule has 0 saturated carbocycles. The van der Waals surface area contributed by atoms with Gasteiger partial charge in [-0.25, -0.2) is 4.98 Å². The average Bonchev–Trinajstić information content (AvgIpc) is 2.68. The predicted octanol–water partition coefficient (Wildman–Crippen LogP) is 5.25. The predicted molar refractivity (Wildman–Crippen MR) is 115 cm³/mol. The molecule has 0 bridgehead atoms. The van der Waals surface area contributed by atoms with Crippen LogP contribution in [0, 0.1) is 0 Å². The molecule has 0 atom stereocenters. The van der Waals surface area contributed by atoms with Gasteiger partial charge in [-0.3, -0.25) is 14.6 Å². The summed E-state index contributed by atoms with van der Waals surface area (Å²) >= 11 is 0. The molecule has 2 heterocycles. The number of nitrogens with zero attached hydrogens (tertiary/aromatic N) is 2. The molecule has 0 spiro atoms. The van der Waals surface area contributed by atoms with Gasteiger partial charge in [-0.15, -0.1) is 0 Å². The fourth-order valence-corrected chi connectivity index (χ4v) is 3.06. The standard InChI is InChI=1S/C23H27N3O2/c1-5-8-17(22(28)9-6-2)10-16(4)20(7-3)21-11-18-14-25-23(26-15-27)12-19(18)13-24-21/h7-8,10-15H,5-6,9H2,1-4H3,(H,25,26,27)/b16-10-,17-8-,20-7+. The van der Waals surface area contributed by atoms with Crippen LogP contribution < -0.4 is 5.32 Å². The SMILES string of the molecule is C\C=C(/C(C)=C\C(=C\CC)C(=O)CCC)c1cc2cnc(NC=O)cc2cn1. The number of carbonyl (C=O) groups excluding carboxylic acids is 2. The third-order valence-corrected chi connectivity index (χ3v) is 4.39. The number of rotatable bonds is 9. The van der Waals surface area contributed by atoms with Crippen molar-refractivity contribution in [1.29, 1.82) is 0 Å². The Bertz CT molecular complexity index is 955. The van der Waals surface area contributed by atoms with Gasteiger partial charge in [0.15, 0.2) is 5.78 Å². The van der Waals surface area contributed by atoms with Crippen LogP contribution in [0.4, 0.5) is 5.82 Å². The maximum atomic E-state index is 12.4. The second-order valence-corrected chi connectivity index (χ2v) is 6.52. The summed E-state index contributed by atoms with van der Waals surface area (Å²) < 4.78 is 0. The van der Waals surface area contributed by atoms with Gasteiger partial charge in [0.2, 0.25) is 6.41 Å². The highest BCUT2D eigenvalue weighted by atomic mass is 16.1. The molecule has 28 heavy (non-hydrogen) atoms. The Morgan fingerprint density at radius 3 is 2.50 bits per heavy atom. The van der Waals surface area contributed by atoms with Crippen LogP contribution in [0.1, 0.15) is 52.7 Å². The van der Waals surface area contributed by atoms with Crippen molar-refractivity contribution in [2.75, 3.05) is 5.32 Å². The lowest BCUT2D eigenvalue weighted by molar-refractivity contribution is -0.115. The molecule has 0 aliphatic carbocycles. The van der Waals surface area contributed by atoms with Gasteiger partial charge < -0.3 is 5.32 Å². The molecule has 0 radical (unpaired) electrons. The molecular formula is C23H27N3O2. The van der Waals surface area contributed by atoms with E-state index in [1.165, 1.54) is 0 Å². The number of amides is 1. The summed E-state index contributed by atoms with van der Waals surface area (Å²) in [6.07, 6.45) is 12.2. The van der Waals surface area contributed by atoms with Crippen molar-refractivity contribution in [3.63, 3.8) is 0 Å². The number of allylic oxidation sites excluding steroid dienone is 6. The third kappa shape index (κ3) is 5.22. The molecule has 0 aromatic carbocycles. The highest BCUT2D eigenvalue weighted by molar-refractivity contribution is 5.99. The van der Waals surface area contributed by atoms with Crippen molar-refractivity contribution in [1.82, 2.24) is 9.97 Å². The van der Waals surface area contributed by atoms with Gasteiger partial charge >= 0.3 is 0 Å². The number of anilines is 1. The van der Waals surface area contributed by atoms with Crippen LogP contribution >= 0.6 is 0 Å². The molecule has 146 valence electrons. The molecule has 2 aromatic rings. The zero-order valence-electron chi connectivity index (χ0n) is 17.0. The summed E-state index contributed by atoms with van der Waals surface area (Å²) in [5.74, 6) is 0.660. The molecule has 0 unspecified atom stereocenters. The number of hydrogen-bond acceptors (Lipinski definition) is 4. The first-order valence-electron chi connectivity index (χ1n) is 9.58. The van der Waals surface area contributed by atoms with E-state index in [1.54, 1.807) is 18.5 Å². The molecule has 2 aromatic heterocycles. The van der Waals surface area contributed by atoms with E-state index in [9.17, 15) is 9.59 Å².